The molecule has 1 saturated carbocycles. The highest BCUT2D eigenvalue weighted by atomic mass is 16.2. The highest BCUT2D eigenvalue weighted by Crippen LogP contribution is 2.51. The summed E-state index contributed by atoms with van der Waals surface area (Å²) in [6.07, 6.45) is 3.51. The lowest BCUT2D eigenvalue weighted by molar-refractivity contribution is -0.157. The molecule has 10 nitrogen and oxygen atoms in total. The van der Waals surface area contributed by atoms with Gasteiger partial charge in [0.05, 0.1) is 0 Å². The second-order valence-corrected chi connectivity index (χ2v) is 12.1. The van der Waals surface area contributed by atoms with Gasteiger partial charge in [-0.25, -0.2) is 9.59 Å². The molecule has 34 heavy (non-hydrogen) atoms. The molecule has 3 fully saturated rings. The molecular formula is C24H36N4O6. The van der Waals surface area contributed by atoms with Crippen molar-refractivity contribution in [1.29, 1.82) is 0 Å². The van der Waals surface area contributed by atoms with Gasteiger partial charge < -0.3 is 0 Å². The average Bonchev–Trinajstić information content (AvgIpc) is 2.66. The van der Waals surface area contributed by atoms with Gasteiger partial charge in [0.1, 0.15) is 10.8 Å². The Bertz CT molecular complexity index is 818. The van der Waals surface area contributed by atoms with E-state index in [-0.39, 0.29) is 11.8 Å². The zero-order valence-corrected chi connectivity index (χ0v) is 20.8. The Morgan fingerprint density at radius 2 is 0.794 bits per heavy atom. The second-order valence-electron chi connectivity index (χ2n) is 12.1. The van der Waals surface area contributed by atoms with E-state index in [0.29, 0.717) is 12.8 Å². The van der Waals surface area contributed by atoms with E-state index in [1.807, 2.05) is 41.5 Å². The van der Waals surface area contributed by atoms with Crippen LogP contribution in [0.2, 0.25) is 0 Å². The van der Waals surface area contributed by atoms with Gasteiger partial charge in [-0.05, 0) is 35.5 Å². The Morgan fingerprint density at radius 1 is 0.559 bits per heavy atom. The van der Waals surface area contributed by atoms with Gasteiger partial charge in [0.25, 0.3) is 0 Å². The second kappa shape index (κ2) is 8.46. The lowest BCUT2D eigenvalue weighted by atomic mass is 9.57. The molecule has 0 aromatic heterocycles. The molecule has 1 aliphatic carbocycles. The molecule has 10 heteroatoms. The normalized spacial score (nSPS) is 27.5. The minimum absolute atomic E-state index is 0.0707. The SMILES string of the molecule is CC(C)(C)C1(CC2CCC(CC3(C(C)(C)C)C(=O)NC(=O)NC3=O)CC2)C(=O)NC(=O)NC1=O. The molecule has 3 aliphatic rings. The zero-order chi connectivity index (χ0) is 25.7. The van der Waals surface area contributed by atoms with E-state index >= 15 is 0 Å². The van der Waals surface area contributed by atoms with Gasteiger partial charge in [-0.2, -0.15) is 0 Å². The molecule has 2 heterocycles. The van der Waals surface area contributed by atoms with Gasteiger partial charge in [-0.15, -0.1) is 0 Å². The van der Waals surface area contributed by atoms with Gasteiger partial charge in [-0.3, -0.25) is 40.4 Å². The standard InChI is InChI=1S/C24H36N4O6/c1-21(2,3)23(15(29)25-19(33)26-16(23)30)11-13-7-9-14(10-8-13)12-24(22(4,5)6)17(31)27-20(34)28-18(24)32/h13-14H,7-12H2,1-6H3,(H2,25,26,29,30,33)(H2,27,28,31,32,34). The number of imide groups is 4. The summed E-state index contributed by atoms with van der Waals surface area (Å²) in [5, 5.41) is 9.07. The number of hydrogen-bond acceptors (Lipinski definition) is 6. The van der Waals surface area contributed by atoms with Crippen molar-refractivity contribution >= 4 is 35.7 Å². The van der Waals surface area contributed by atoms with Gasteiger partial charge in [-0.1, -0.05) is 67.2 Å². The predicted molar refractivity (Wildman–Crippen MR) is 122 cm³/mol. The van der Waals surface area contributed by atoms with Crippen LogP contribution in [0.3, 0.4) is 0 Å². The fraction of sp³-hybridized carbons (Fsp3) is 0.750. The van der Waals surface area contributed by atoms with E-state index in [2.05, 4.69) is 21.3 Å². The molecular weight excluding hydrogens is 440 g/mol. The zero-order valence-electron chi connectivity index (χ0n) is 20.8. The maximum absolute atomic E-state index is 12.9. The summed E-state index contributed by atoms with van der Waals surface area (Å²) in [5.41, 5.74) is -4.15. The summed E-state index contributed by atoms with van der Waals surface area (Å²) in [6.45, 7) is 10.9. The highest BCUT2D eigenvalue weighted by molar-refractivity contribution is 6.20. The lowest BCUT2D eigenvalue weighted by Crippen LogP contribution is -2.67. The van der Waals surface area contributed by atoms with Gasteiger partial charge in [0, 0.05) is 0 Å². The number of barbiturate groups is 2. The molecule has 2 saturated heterocycles. The van der Waals surface area contributed by atoms with Crippen LogP contribution in [0.25, 0.3) is 0 Å². The summed E-state index contributed by atoms with van der Waals surface area (Å²) in [4.78, 5) is 75.0. The third-order valence-electron chi connectivity index (χ3n) is 8.18. The van der Waals surface area contributed by atoms with Crippen molar-refractivity contribution in [1.82, 2.24) is 21.3 Å². The topological polar surface area (TPSA) is 151 Å². The van der Waals surface area contributed by atoms with E-state index in [9.17, 15) is 28.8 Å². The largest absolute Gasteiger partial charge is 0.328 e. The monoisotopic (exact) mass is 476 g/mol. The van der Waals surface area contributed by atoms with Gasteiger partial charge in [0.15, 0.2) is 0 Å². The number of rotatable bonds is 4. The average molecular weight is 477 g/mol. The van der Waals surface area contributed by atoms with Crippen molar-refractivity contribution in [2.24, 2.45) is 33.5 Å². The molecule has 188 valence electrons. The van der Waals surface area contributed by atoms with Crippen LogP contribution in [-0.2, 0) is 19.2 Å². The van der Waals surface area contributed by atoms with Crippen molar-refractivity contribution in [2.75, 3.05) is 0 Å². The molecule has 0 aromatic rings. The minimum atomic E-state index is -1.37. The molecule has 0 spiro atoms. The first kappa shape index (κ1) is 25.8. The van der Waals surface area contributed by atoms with Crippen LogP contribution >= 0.6 is 0 Å². The van der Waals surface area contributed by atoms with Crippen molar-refractivity contribution < 1.29 is 28.8 Å². The number of carbonyl (C=O) groups is 6. The highest BCUT2D eigenvalue weighted by Gasteiger charge is 2.60. The first-order chi connectivity index (χ1) is 15.5. The molecule has 8 amide bonds. The Kier molecular flexibility index (Phi) is 6.43. The minimum Gasteiger partial charge on any atom is -0.277 e. The lowest BCUT2D eigenvalue weighted by Gasteiger charge is -2.47. The summed E-state index contributed by atoms with van der Waals surface area (Å²) >= 11 is 0. The van der Waals surface area contributed by atoms with Crippen LogP contribution in [0.4, 0.5) is 9.59 Å². The van der Waals surface area contributed by atoms with Crippen LogP contribution in [0.15, 0.2) is 0 Å². The Balaban J connectivity index is 1.76. The van der Waals surface area contributed by atoms with Crippen molar-refractivity contribution in [3.63, 3.8) is 0 Å². The Labute approximate surface area is 199 Å². The van der Waals surface area contributed by atoms with E-state index in [1.54, 1.807) is 0 Å². The van der Waals surface area contributed by atoms with E-state index < -0.39 is 57.4 Å². The fourth-order valence-electron chi connectivity index (χ4n) is 5.96. The predicted octanol–water partition coefficient (Wildman–Crippen LogP) is 2.37. The fourth-order valence-corrected chi connectivity index (χ4v) is 5.96. The van der Waals surface area contributed by atoms with E-state index in [0.717, 1.165) is 25.7 Å². The summed E-state index contributed by atoms with van der Waals surface area (Å²) < 4.78 is 0. The van der Waals surface area contributed by atoms with Crippen LogP contribution in [0.5, 0.6) is 0 Å². The van der Waals surface area contributed by atoms with Crippen molar-refractivity contribution in [2.45, 2.75) is 80.1 Å². The Hall–Kier alpha value is -2.78. The summed E-state index contributed by atoms with van der Waals surface area (Å²) in [6, 6.07) is -1.60. The van der Waals surface area contributed by atoms with Crippen LogP contribution in [0, 0.1) is 33.5 Å². The molecule has 3 rings (SSSR count). The van der Waals surface area contributed by atoms with Crippen molar-refractivity contribution in [3.8, 4) is 0 Å². The first-order valence-electron chi connectivity index (χ1n) is 11.9. The summed E-state index contributed by atoms with van der Waals surface area (Å²) in [7, 11) is 0. The maximum Gasteiger partial charge on any atom is 0.328 e. The molecule has 2 aliphatic heterocycles. The molecule has 0 bridgehead atoms. The van der Waals surface area contributed by atoms with Gasteiger partial charge in [0.2, 0.25) is 23.6 Å². The number of hydrogen-bond donors (Lipinski definition) is 4. The smallest absolute Gasteiger partial charge is 0.277 e. The molecule has 0 aromatic carbocycles. The molecule has 0 atom stereocenters. The number of amides is 8. The van der Waals surface area contributed by atoms with E-state index in [1.165, 1.54) is 0 Å². The van der Waals surface area contributed by atoms with Crippen LogP contribution < -0.4 is 21.3 Å². The Morgan fingerprint density at radius 3 is 1.00 bits per heavy atom. The van der Waals surface area contributed by atoms with Crippen molar-refractivity contribution in [3.05, 3.63) is 0 Å². The first-order valence-corrected chi connectivity index (χ1v) is 11.9. The van der Waals surface area contributed by atoms with E-state index in [4.69, 9.17) is 0 Å². The number of urea groups is 2. The number of nitrogens with one attached hydrogen (secondary N) is 4. The molecule has 4 N–H and O–H groups in total. The molecule has 0 radical (unpaired) electrons. The molecule has 0 unspecified atom stereocenters. The summed E-state index contributed by atoms with van der Waals surface area (Å²) in [5.74, 6) is -2.13. The van der Waals surface area contributed by atoms with Gasteiger partial charge >= 0.3 is 12.1 Å². The maximum atomic E-state index is 12.9. The quantitative estimate of drug-likeness (QED) is 0.457. The third kappa shape index (κ3) is 4.11. The number of carbonyl (C=O) groups excluding carboxylic acids is 6. The third-order valence-corrected chi connectivity index (χ3v) is 8.18. The van der Waals surface area contributed by atoms with Crippen LogP contribution in [-0.4, -0.2) is 35.7 Å². The van der Waals surface area contributed by atoms with Crippen LogP contribution in [0.1, 0.15) is 80.1 Å².